The van der Waals surface area contributed by atoms with Crippen LogP contribution in [0.15, 0.2) is 47.2 Å². The Morgan fingerprint density at radius 3 is 2.76 bits per heavy atom. The van der Waals surface area contributed by atoms with E-state index in [1.54, 1.807) is 21.5 Å². The molecule has 0 aliphatic heterocycles. The summed E-state index contributed by atoms with van der Waals surface area (Å²) in [6, 6.07) is 9.07. The van der Waals surface area contributed by atoms with Gasteiger partial charge >= 0.3 is 0 Å². The van der Waals surface area contributed by atoms with Crippen molar-refractivity contribution in [3.63, 3.8) is 0 Å². The zero-order valence-corrected chi connectivity index (χ0v) is 12.4. The summed E-state index contributed by atoms with van der Waals surface area (Å²) in [5.74, 6) is 0. The summed E-state index contributed by atoms with van der Waals surface area (Å²) in [4.78, 5) is 0. The third-order valence-electron chi connectivity index (χ3n) is 3.56. The van der Waals surface area contributed by atoms with Crippen LogP contribution >= 0.6 is 0 Å². The van der Waals surface area contributed by atoms with Crippen molar-refractivity contribution in [3.8, 4) is 0 Å². The molecule has 0 radical (unpaired) electrons. The molecule has 1 aliphatic rings. The van der Waals surface area contributed by atoms with E-state index in [1.165, 1.54) is 25.7 Å². The molecule has 0 fully saturated rings. The highest BCUT2D eigenvalue weighted by Crippen LogP contribution is 2.20. The quantitative estimate of drug-likeness (QED) is 0.696. The smallest absolute Gasteiger partial charge is 0.0806 e. The van der Waals surface area contributed by atoms with Crippen LogP contribution < -0.4 is 5.19 Å². The Bertz CT molecular complexity index is 441. The molecule has 1 heteroatoms. The van der Waals surface area contributed by atoms with Crippen LogP contribution in [0.5, 0.6) is 0 Å². The average Bonchev–Trinajstić information content (AvgIpc) is 2.79. The molecule has 90 valence electrons. The number of hydrogen-bond donors (Lipinski definition) is 0. The molecule has 0 amide bonds. The summed E-state index contributed by atoms with van der Waals surface area (Å²) in [5.41, 5.74) is 3.21. The lowest BCUT2D eigenvalue weighted by Gasteiger charge is -2.10. The largest absolute Gasteiger partial charge is 0.0835 e. The van der Waals surface area contributed by atoms with Crippen LogP contribution in [-0.2, 0) is 6.42 Å². The Labute approximate surface area is 107 Å². The Morgan fingerprint density at radius 2 is 2.00 bits per heavy atom. The first kappa shape index (κ1) is 12.4. The van der Waals surface area contributed by atoms with Crippen molar-refractivity contribution in [1.29, 1.82) is 0 Å². The second-order valence-electron chi connectivity index (χ2n) is 4.78. The zero-order chi connectivity index (χ0) is 12.1. The normalized spacial score (nSPS) is 15.4. The van der Waals surface area contributed by atoms with E-state index in [4.69, 9.17) is 0 Å². The van der Waals surface area contributed by atoms with E-state index in [2.05, 4.69) is 50.3 Å². The van der Waals surface area contributed by atoms with Crippen LogP contribution in [0.2, 0.25) is 0 Å². The molecular weight excluding hydrogens is 220 g/mol. The SMILES string of the molecule is CCCc1ccccc1[SiH2]C1=C(CC)C=CC1. The van der Waals surface area contributed by atoms with E-state index in [1.807, 2.05) is 0 Å². The highest BCUT2D eigenvalue weighted by molar-refractivity contribution is 6.61. The van der Waals surface area contributed by atoms with E-state index < -0.39 is 0 Å². The van der Waals surface area contributed by atoms with Crippen molar-refractivity contribution in [2.24, 2.45) is 0 Å². The first-order valence-electron chi connectivity index (χ1n) is 6.79. The second kappa shape index (κ2) is 6.01. The highest BCUT2D eigenvalue weighted by Gasteiger charge is 2.10. The third-order valence-corrected chi connectivity index (χ3v) is 5.80. The van der Waals surface area contributed by atoms with E-state index in [-0.39, 0.29) is 9.52 Å². The topological polar surface area (TPSA) is 0 Å². The minimum Gasteiger partial charge on any atom is -0.0806 e. The molecule has 0 spiro atoms. The molecule has 0 heterocycles. The minimum atomic E-state index is -0.225. The predicted molar refractivity (Wildman–Crippen MR) is 79.7 cm³/mol. The van der Waals surface area contributed by atoms with E-state index in [0.29, 0.717) is 0 Å². The van der Waals surface area contributed by atoms with E-state index in [9.17, 15) is 0 Å². The van der Waals surface area contributed by atoms with Gasteiger partial charge in [0.2, 0.25) is 0 Å². The minimum absolute atomic E-state index is 0.225. The zero-order valence-electron chi connectivity index (χ0n) is 11.0. The van der Waals surface area contributed by atoms with Crippen LogP contribution in [0.1, 0.15) is 38.7 Å². The Hall–Kier alpha value is -1.08. The van der Waals surface area contributed by atoms with Gasteiger partial charge in [-0.15, -0.1) is 0 Å². The van der Waals surface area contributed by atoms with Gasteiger partial charge < -0.3 is 0 Å². The van der Waals surface area contributed by atoms with Gasteiger partial charge in [-0.05, 0) is 24.8 Å². The molecule has 0 aromatic heterocycles. The first-order valence-corrected chi connectivity index (χ1v) is 8.20. The molecule has 0 nitrogen and oxygen atoms in total. The van der Waals surface area contributed by atoms with Crippen molar-refractivity contribution < 1.29 is 0 Å². The number of hydrogen-bond acceptors (Lipinski definition) is 0. The van der Waals surface area contributed by atoms with Gasteiger partial charge in [-0.3, -0.25) is 0 Å². The van der Waals surface area contributed by atoms with Gasteiger partial charge in [0.15, 0.2) is 0 Å². The van der Waals surface area contributed by atoms with Gasteiger partial charge in [0.25, 0.3) is 0 Å². The van der Waals surface area contributed by atoms with Gasteiger partial charge in [-0.2, -0.15) is 0 Å². The molecule has 1 aliphatic carbocycles. The van der Waals surface area contributed by atoms with Crippen molar-refractivity contribution in [2.75, 3.05) is 0 Å². The van der Waals surface area contributed by atoms with Crippen molar-refractivity contribution >= 4 is 14.7 Å². The van der Waals surface area contributed by atoms with Crippen LogP contribution in [0.25, 0.3) is 0 Å². The van der Waals surface area contributed by atoms with E-state index >= 15 is 0 Å². The van der Waals surface area contributed by atoms with Gasteiger partial charge in [0.1, 0.15) is 0 Å². The fourth-order valence-corrected chi connectivity index (χ4v) is 4.76. The summed E-state index contributed by atoms with van der Waals surface area (Å²) in [5, 5.41) is 3.43. The monoisotopic (exact) mass is 242 g/mol. The molecule has 0 atom stereocenters. The maximum absolute atomic E-state index is 2.36. The standard InChI is InChI=1S/C16H22Si/c1-3-8-14-9-5-6-11-16(14)17-15-12-7-10-13(15)4-2/h5-7,9-11H,3-4,8,12,17H2,1-2H3. The lowest BCUT2D eigenvalue weighted by Crippen LogP contribution is -2.21. The first-order chi connectivity index (χ1) is 8.35. The Kier molecular flexibility index (Phi) is 4.38. The summed E-state index contributed by atoms with van der Waals surface area (Å²) < 4.78 is 0. The average molecular weight is 242 g/mol. The Morgan fingerprint density at radius 1 is 1.18 bits per heavy atom. The summed E-state index contributed by atoms with van der Waals surface area (Å²) in [7, 11) is -0.225. The van der Waals surface area contributed by atoms with Crippen LogP contribution in [-0.4, -0.2) is 9.52 Å². The molecule has 0 saturated heterocycles. The molecule has 1 aromatic carbocycles. The molecular formula is C16H22Si. The number of aryl methyl sites for hydroxylation is 1. The lowest BCUT2D eigenvalue weighted by atomic mass is 10.1. The van der Waals surface area contributed by atoms with Crippen molar-refractivity contribution in [1.82, 2.24) is 0 Å². The molecule has 0 N–H and O–H groups in total. The summed E-state index contributed by atoms with van der Waals surface area (Å²) >= 11 is 0. The molecule has 2 rings (SSSR count). The second-order valence-corrected chi connectivity index (χ2v) is 6.75. The van der Waals surface area contributed by atoms with Gasteiger partial charge in [-0.1, -0.05) is 72.6 Å². The van der Waals surface area contributed by atoms with Gasteiger partial charge in [0.05, 0.1) is 9.52 Å². The number of benzene rings is 1. The summed E-state index contributed by atoms with van der Waals surface area (Å²) in [6.45, 7) is 4.55. The maximum Gasteiger partial charge on any atom is 0.0835 e. The molecule has 1 aromatic rings. The summed E-state index contributed by atoms with van der Waals surface area (Å²) in [6.07, 6.45) is 9.59. The number of allylic oxidation sites excluding steroid dienone is 4. The highest BCUT2D eigenvalue weighted by atomic mass is 28.2. The van der Waals surface area contributed by atoms with Crippen molar-refractivity contribution in [3.05, 3.63) is 52.8 Å². The molecule has 17 heavy (non-hydrogen) atoms. The predicted octanol–water partition coefficient (Wildman–Crippen LogP) is 3.06. The molecule has 0 unspecified atom stereocenters. The fourth-order valence-electron chi connectivity index (χ4n) is 2.62. The van der Waals surface area contributed by atoms with Gasteiger partial charge in [0, 0.05) is 0 Å². The Balaban J connectivity index is 2.19. The lowest BCUT2D eigenvalue weighted by molar-refractivity contribution is 0.927. The van der Waals surface area contributed by atoms with Crippen molar-refractivity contribution in [2.45, 2.75) is 39.5 Å². The fraction of sp³-hybridized carbons (Fsp3) is 0.375. The molecule has 0 bridgehead atoms. The third kappa shape index (κ3) is 2.98. The molecule has 0 saturated carbocycles. The van der Waals surface area contributed by atoms with Crippen LogP contribution in [0.3, 0.4) is 0 Å². The maximum atomic E-state index is 2.36. The van der Waals surface area contributed by atoms with E-state index in [0.717, 1.165) is 0 Å². The van der Waals surface area contributed by atoms with Gasteiger partial charge in [-0.25, -0.2) is 0 Å². The van der Waals surface area contributed by atoms with Crippen LogP contribution in [0, 0.1) is 0 Å². The number of rotatable bonds is 5. The van der Waals surface area contributed by atoms with Crippen LogP contribution in [0.4, 0.5) is 0 Å².